The second kappa shape index (κ2) is 4.17. The lowest BCUT2D eigenvalue weighted by Crippen LogP contribution is -2.37. The minimum absolute atomic E-state index is 0.0289. The van der Waals surface area contributed by atoms with E-state index in [1.165, 1.54) is 0 Å². The third-order valence-electron chi connectivity index (χ3n) is 1.60. The molecule has 6 heteroatoms. The van der Waals surface area contributed by atoms with E-state index in [1.807, 2.05) is 0 Å². The summed E-state index contributed by atoms with van der Waals surface area (Å²) in [6.45, 7) is -0.0289. The van der Waals surface area contributed by atoms with Gasteiger partial charge in [-0.3, -0.25) is 4.79 Å². The SMILES string of the molecule is O=C(NCCc1ccc[nH]1)C(F)(F)F. The molecule has 0 atom stereocenters. The summed E-state index contributed by atoms with van der Waals surface area (Å²) in [5.74, 6) is -1.90. The first-order valence-electron chi connectivity index (χ1n) is 3.97. The number of carbonyl (C=O) groups excluding carboxylic acids is 1. The van der Waals surface area contributed by atoms with Crippen LogP contribution in [0, 0.1) is 0 Å². The number of rotatable bonds is 3. The van der Waals surface area contributed by atoms with Crippen molar-refractivity contribution in [3.8, 4) is 0 Å². The number of carbonyl (C=O) groups is 1. The molecule has 0 fully saturated rings. The van der Waals surface area contributed by atoms with Gasteiger partial charge in [-0.15, -0.1) is 0 Å². The highest BCUT2D eigenvalue weighted by atomic mass is 19.4. The average molecular weight is 206 g/mol. The summed E-state index contributed by atoms with van der Waals surface area (Å²) < 4.78 is 35.1. The monoisotopic (exact) mass is 206 g/mol. The van der Waals surface area contributed by atoms with Crippen LogP contribution in [0.5, 0.6) is 0 Å². The Hall–Kier alpha value is -1.46. The van der Waals surface area contributed by atoms with E-state index in [4.69, 9.17) is 0 Å². The van der Waals surface area contributed by atoms with Crippen molar-refractivity contribution in [3.63, 3.8) is 0 Å². The summed E-state index contributed by atoms with van der Waals surface area (Å²) in [4.78, 5) is 13.2. The largest absolute Gasteiger partial charge is 0.471 e. The number of alkyl halides is 3. The second-order valence-corrected chi connectivity index (χ2v) is 2.70. The van der Waals surface area contributed by atoms with Crippen LogP contribution in [0.2, 0.25) is 0 Å². The van der Waals surface area contributed by atoms with Crippen molar-refractivity contribution in [1.82, 2.24) is 10.3 Å². The summed E-state index contributed by atoms with van der Waals surface area (Å²) in [6.07, 6.45) is -2.77. The van der Waals surface area contributed by atoms with Crippen LogP contribution in [0.3, 0.4) is 0 Å². The van der Waals surface area contributed by atoms with E-state index in [0.29, 0.717) is 6.42 Å². The van der Waals surface area contributed by atoms with Crippen LogP contribution in [0.25, 0.3) is 0 Å². The molecule has 3 nitrogen and oxygen atoms in total. The van der Waals surface area contributed by atoms with E-state index >= 15 is 0 Å². The normalized spacial score (nSPS) is 11.4. The van der Waals surface area contributed by atoms with Gasteiger partial charge in [0.05, 0.1) is 0 Å². The number of amides is 1. The molecule has 0 radical (unpaired) electrons. The van der Waals surface area contributed by atoms with E-state index < -0.39 is 12.1 Å². The molecule has 1 amide bonds. The Labute approximate surface area is 78.3 Å². The number of nitrogens with one attached hydrogen (secondary N) is 2. The van der Waals surface area contributed by atoms with Crippen LogP contribution in [0.4, 0.5) is 13.2 Å². The molecule has 14 heavy (non-hydrogen) atoms. The lowest BCUT2D eigenvalue weighted by molar-refractivity contribution is -0.173. The number of hydrogen-bond acceptors (Lipinski definition) is 1. The Morgan fingerprint density at radius 1 is 1.50 bits per heavy atom. The Bertz CT molecular complexity index is 292. The molecule has 0 aliphatic rings. The first-order chi connectivity index (χ1) is 6.50. The van der Waals surface area contributed by atoms with Crippen LogP contribution in [-0.4, -0.2) is 23.6 Å². The Kier molecular flexibility index (Phi) is 3.16. The molecule has 0 bridgehead atoms. The van der Waals surface area contributed by atoms with Gasteiger partial charge < -0.3 is 10.3 Å². The molecular formula is C8H9F3N2O. The Balaban J connectivity index is 2.26. The third-order valence-corrected chi connectivity index (χ3v) is 1.60. The molecule has 0 unspecified atom stereocenters. The molecule has 0 aliphatic heterocycles. The van der Waals surface area contributed by atoms with Gasteiger partial charge in [-0.25, -0.2) is 0 Å². The standard InChI is InChI=1S/C8H9F3N2O/c9-8(10,11)7(14)13-5-3-6-2-1-4-12-6/h1-2,4,12H,3,5H2,(H,13,14). The molecule has 0 spiro atoms. The van der Waals surface area contributed by atoms with E-state index in [-0.39, 0.29) is 6.54 Å². The molecule has 1 aromatic heterocycles. The zero-order chi connectivity index (χ0) is 10.6. The first kappa shape index (κ1) is 10.6. The highest BCUT2D eigenvalue weighted by molar-refractivity contribution is 5.81. The molecule has 0 saturated heterocycles. The lowest BCUT2D eigenvalue weighted by Gasteiger charge is -2.06. The maximum atomic E-state index is 11.7. The van der Waals surface area contributed by atoms with Crippen molar-refractivity contribution in [2.45, 2.75) is 12.6 Å². The van der Waals surface area contributed by atoms with Crippen molar-refractivity contribution in [2.24, 2.45) is 0 Å². The molecular weight excluding hydrogens is 197 g/mol. The maximum absolute atomic E-state index is 11.7. The molecule has 0 aliphatic carbocycles. The van der Waals surface area contributed by atoms with E-state index in [2.05, 4.69) is 4.98 Å². The average Bonchev–Trinajstić information content (AvgIpc) is 2.55. The van der Waals surface area contributed by atoms with Gasteiger partial charge >= 0.3 is 12.1 Å². The predicted octanol–water partition coefficient (Wildman–Crippen LogP) is 1.24. The Morgan fingerprint density at radius 2 is 2.21 bits per heavy atom. The van der Waals surface area contributed by atoms with Crippen molar-refractivity contribution in [1.29, 1.82) is 0 Å². The van der Waals surface area contributed by atoms with E-state index in [1.54, 1.807) is 23.6 Å². The summed E-state index contributed by atoms with van der Waals surface area (Å²) in [6, 6.07) is 3.47. The van der Waals surface area contributed by atoms with Gasteiger partial charge in [0.15, 0.2) is 0 Å². The molecule has 0 aromatic carbocycles. The Morgan fingerprint density at radius 3 is 2.71 bits per heavy atom. The van der Waals surface area contributed by atoms with Crippen molar-refractivity contribution in [3.05, 3.63) is 24.0 Å². The molecule has 78 valence electrons. The second-order valence-electron chi connectivity index (χ2n) is 2.70. The first-order valence-corrected chi connectivity index (χ1v) is 3.97. The fraction of sp³-hybridized carbons (Fsp3) is 0.375. The number of halogens is 3. The smallest absolute Gasteiger partial charge is 0.365 e. The van der Waals surface area contributed by atoms with Crippen LogP contribution in [-0.2, 0) is 11.2 Å². The maximum Gasteiger partial charge on any atom is 0.471 e. The molecule has 1 heterocycles. The van der Waals surface area contributed by atoms with Crippen LogP contribution in [0.1, 0.15) is 5.69 Å². The minimum Gasteiger partial charge on any atom is -0.365 e. The summed E-state index contributed by atoms with van der Waals surface area (Å²) >= 11 is 0. The van der Waals surface area contributed by atoms with Gasteiger partial charge in [0, 0.05) is 24.9 Å². The quantitative estimate of drug-likeness (QED) is 0.767. The van der Waals surface area contributed by atoms with Crippen LogP contribution < -0.4 is 5.32 Å². The molecule has 2 N–H and O–H groups in total. The van der Waals surface area contributed by atoms with Gasteiger partial charge in [0.2, 0.25) is 0 Å². The molecule has 1 aromatic rings. The third kappa shape index (κ3) is 3.12. The lowest BCUT2D eigenvalue weighted by atomic mass is 10.3. The zero-order valence-electron chi connectivity index (χ0n) is 7.19. The summed E-state index contributed by atoms with van der Waals surface area (Å²) in [5, 5.41) is 1.78. The van der Waals surface area contributed by atoms with Gasteiger partial charge in [-0.05, 0) is 12.1 Å². The van der Waals surface area contributed by atoms with Gasteiger partial charge in [-0.2, -0.15) is 13.2 Å². The number of hydrogen-bond donors (Lipinski definition) is 2. The van der Waals surface area contributed by atoms with Gasteiger partial charge in [0.25, 0.3) is 0 Å². The predicted molar refractivity (Wildman–Crippen MR) is 43.6 cm³/mol. The summed E-state index contributed by atoms with van der Waals surface area (Å²) in [7, 11) is 0. The van der Waals surface area contributed by atoms with Crippen molar-refractivity contribution >= 4 is 5.91 Å². The topological polar surface area (TPSA) is 44.9 Å². The van der Waals surface area contributed by atoms with Gasteiger partial charge in [0.1, 0.15) is 0 Å². The van der Waals surface area contributed by atoms with E-state index in [9.17, 15) is 18.0 Å². The van der Waals surface area contributed by atoms with Crippen LogP contribution >= 0.6 is 0 Å². The van der Waals surface area contributed by atoms with Crippen molar-refractivity contribution < 1.29 is 18.0 Å². The summed E-state index contributed by atoms with van der Waals surface area (Å²) in [5.41, 5.74) is 0.785. The van der Waals surface area contributed by atoms with Gasteiger partial charge in [-0.1, -0.05) is 0 Å². The minimum atomic E-state index is -4.80. The molecule has 1 rings (SSSR count). The molecule has 0 saturated carbocycles. The van der Waals surface area contributed by atoms with E-state index in [0.717, 1.165) is 5.69 Å². The highest BCUT2D eigenvalue weighted by Crippen LogP contribution is 2.13. The zero-order valence-corrected chi connectivity index (χ0v) is 7.19. The number of aromatic nitrogens is 1. The number of H-pyrrole nitrogens is 1. The fourth-order valence-corrected chi connectivity index (χ4v) is 0.934. The fourth-order valence-electron chi connectivity index (χ4n) is 0.934. The highest BCUT2D eigenvalue weighted by Gasteiger charge is 2.38. The van der Waals surface area contributed by atoms with Crippen molar-refractivity contribution in [2.75, 3.05) is 6.54 Å². The number of aromatic amines is 1. The van der Waals surface area contributed by atoms with Crippen LogP contribution in [0.15, 0.2) is 18.3 Å².